The molecule has 1 aliphatic carbocycles. The van der Waals surface area contributed by atoms with E-state index in [-0.39, 0.29) is 6.04 Å². The molecule has 0 radical (unpaired) electrons. The third-order valence-corrected chi connectivity index (χ3v) is 3.25. The largest absolute Gasteiger partial charge is 0.387 e. The molecule has 0 spiro atoms. The number of aliphatic hydroxyl groups is 1. The Morgan fingerprint density at radius 1 is 1.47 bits per heavy atom. The normalized spacial score (nSPS) is 20.3. The highest BCUT2D eigenvalue weighted by Gasteiger charge is 2.28. The molecule has 3 nitrogen and oxygen atoms in total. The van der Waals surface area contributed by atoms with E-state index >= 15 is 0 Å². The standard InChI is InChI=1S/C12H20N2O/c1-7-6-11(12(15)8(2)13)9(3)14(7)10-4-5-10/h6,8,10,12,15H,4-5,13H2,1-3H3. The van der Waals surface area contributed by atoms with Gasteiger partial charge in [-0.1, -0.05) is 0 Å². The Morgan fingerprint density at radius 2 is 2.07 bits per heavy atom. The SMILES string of the molecule is Cc1cc(C(O)C(C)N)c(C)n1C1CC1. The van der Waals surface area contributed by atoms with Crippen LogP contribution in [0.3, 0.4) is 0 Å². The van der Waals surface area contributed by atoms with Crippen molar-refractivity contribution in [3.63, 3.8) is 0 Å². The van der Waals surface area contributed by atoms with Gasteiger partial charge in [-0.2, -0.15) is 0 Å². The fourth-order valence-corrected chi connectivity index (χ4v) is 2.28. The van der Waals surface area contributed by atoms with Crippen molar-refractivity contribution >= 4 is 0 Å². The molecule has 2 unspecified atom stereocenters. The van der Waals surface area contributed by atoms with Crippen molar-refractivity contribution in [1.82, 2.24) is 4.57 Å². The van der Waals surface area contributed by atoms with Crippen molar-refractivity contribution in [1.29, 1.82) is 0 Å². The number of hydrogen-bond donors (Lipinski definition) is 2. The molecule has 0 amide bonds. The van der Waals surface area contributed by atoms with Crippen LogP contribution in [0.2, 0.25) is 0 Å². The molecule has 1 aromatic heterocycles. The average molecular weight is 208 g/mol. The molecule has 1 fully saturated rings. The Bertz CT molecular complexity index is 364. The van der Waals surface area contributed by atoms with Gasteiger partial charge in [-0.05, 0) is 39.7 Å². The van der Waals surface area contributed by atoms with Crippen LogP contribution in [0.5, 0.6) is 0 Å². The van der Waals surface area contributed by atoms with Gasteiger partial charge >= 0.3 is 0 Å². The highest BCUT2D eigenvalue weighted by atomic mass is 16.3. The van der Waals surface area contributed by atoms with E-state index in [0.717, 1.165) is 5.56 Å². The third-order valence-electron chi connectivity index (χ3n) is 3.25. The Hall–Kier alpha value is -0.800. The molecule has 2 rings (SSSR count). The van der Waals surface area contributed by atoms with Gasteiger partial charge in [0.2, 0.25) is 0 Å². The summed E-state index contributed by atoms with van der Waals surface area (Å²) in [5.74, 6) is 0. The van der Waals surface area contributed by atoms with Crippen molar-refractivity contribution in [3.8, 4) is 0 Å². The summed E-state index contributed by atoms with van der Waals surface area (Å²) in [7, 11) is 0. The van der Waals surface area contributed by atoms with Gasteiger partial charge in [0.25, 0.3) is 0 Å². The number of nitrogens with zero attached hydrogens (tertiary/aromatic N) is 1. The summed E-state index contributed by atoms with van der Waals surface area (Å²) in [6.45, 7) is 6.02. The van der Waals surface area contributed by atoms with E-state index < -0.39 is 6.10 Å². The highest BCUT2D eigenvalue weighted by Crippen LogP contribution is 2.39. The fourth-order valence-electron chi connectivity index (χ4n) is 2.28. The summed E-state index contributed by atoms with van der Waals surface area (Å²) in [6, 6.07) is 2.53. The minimum Gasteiger partial charge on any atom is -0.387 e. The summed E-state index contributed by atoms with van der Waals surface area (Å²) in [5.41, 5.74) is 9.14. The van der Waals surface area contributed by atoms with Gasteiger partial charge in [-0.25, -0.2) is 0 Å². The predicted octanol–water partition coefficient (Wildman–Crippen LogP) is 1.82. The van der Waals surface area contributed by atoms with Crippen LogP contribution in [0, 0.1) is 13.8 Å². The number of hydrogen-bond acceptors (Lipinski definition) is 2. The second kappa shape index (κ2) is 3.65. The molecule has 0 saturated heterocycles. The quantitative estimate of drug-likeness (QED) is 0.796. The Labute approximate surface area is 90.9 Å². The monoisotopic (exact) mass is 208 g/mol. The van der Waals surface area contributed by atoms with Crippen LogP contribution >= 0.6 is 0 Å². The van der Waals surface area contributed by atoms with Crippen LogP contribution in [-0.4, -0.2) is 15.7 Å². The van der Waals surface area contributed by atoms with Crippen LogP contribution in [0.1, 0.15) is 48.9 Å². The first kappa shape index (κ1) is 10.7. The summed E-state index contributed by atoms with van der Waals surface area (Å²) < 4.78 is 2.33. The minimum absolute atomic E-state index is 0.210. The number of rotatable bonds is 3. The fraction of sp³-hybridized carbons (Fsp3) is 0.667. The van der Waals surface area contributed by atoms with Gasteiger partial charge < -0.3 is 15.4 Å². The molecule has 1 saturated carbocycles. The number of aromatic nitrogens is 1. The lowest BCUT2D eigenvalue weighted by atomic mass is 10.0. The van der Waals surface area contributed by atoms with Gasteiger partial charge in [-0.3, -0.25) is 0 Å². The Balaban J connectivity index is 2.36. The summed E-state index contributed by atoms with van der Waals surface area (Å²) in [5, 5.41) is 9.98. The van der Waals surface area contributed by atoms with E-state index in [1.807, 2.05) is 6.92 Å². The van der Waals surface area contributed by atoms with Crippen LogP contribution in [0.15, 0.2) is 6.07 Å². The molecule has 0 aliphatic heterocycles. The number of nitrogens with two attached hydrogens (primary N) is 1. The first-order valence-electron chi connectivity index (χ1n) is 5.64. The van der Waals surface area contributed by atoms with Gasteiger partial charge in [0.15, 0.2) is 0 Å². The maximum atomic E-state index is 9.98. The van der Waals surface area contributed by atoms with Crippen LogP contribution in [0.4, 0.5) is 0 Å². The van der Waals surface area contributed by atoms with E-state index in [1.165, 1.54) is 24.2 Å². The topological polar surface area (TPSA) is 51.2 Å². The molecular formula is C12H20N2O. The van der Waals surface area contributed by atoms with Crippen molar-refractivity contribution in [3.05, 3.63) is 23.0 Å². The van der Waals surface area contributed by atoms with Crippen molar-refractivity contribution in [2.24, 2.45) is 5.73 Å². The van der Waals surface area contributed by atoms with Gasteiger partial charge in [0, 0.05) is 29.0 Å². The van der Waals surface area contributed by atoms with E-state index in [9.17, 15) is 5.11 Å². The Morgan fingerprint density at radius 3 is 2.53 bits per heavy atom. The highest BCUT2D eigenvalue weighted by molar-refractivity contribution is 5.31. The maximum absolute atomic E-state index is 9.98. The molecule has 1 aromatic rings. The van der Waals surface area contributed by atoms with Crippen LogP contribution < -0.4 is 5.73 Å². The first-order chi connectivity index (χ1) is 7.02. The van der Waals surface area contributed by atoms with Crippen molar-refractivity contribution < 1.29 is 5.11 Å². The lowest BCUT2D eigenvalue weighted by Gasteiger charge is -2.15. The molecule has 3 N–H and O–H groups in total. The molecule has 1 aliphatic rings. The summed E-state index contributed by atoms with van der Waals surface area (Å²) in [6.07, 6.45) is 2.00. The molecule has 3 heteroatoms. The van der Waals surface area contributed by atoms with E-state index in [2.05, 4.69) is 24.5 Å². The molecular weight excluding hydrogens is 188 g/mol. The van der Waals surface area contributed by atoms with E-state index in [4.69, 9.17) is 5.73 Å². The predicted molar refractivity (Wildman–Crippen MR) is 60.8 cm³/mol. The lowest BCUT2D eigenvalue weighted by molar-refractivity contribution is 0.152. The molecule has 0 aromatic carbocycles. The lowest BCUT2D eigenvalue weighted by Crippen LogP contribution is -2.24. The first-order valence-corrected chi connectivity index (χ1v) is 5.64. The Kier molecular flexibility index (Phi) is 2.61. The molecule has 2 atom stereocenters. The van der Waals surface area contributed by atoms with Gasteiger partial charge in [0.05, 0.1) is 6.10 Å². The minimum atomic E-state index is -0.538. The zero-order chi connectivity index (χ0) is 11.2. The second-order valence-corrected chi connectivity index (χ2v) is 4.73. The molecule has 0 bridgehead atoms. The van der Waals surface area contributed by atoms with Crippen molar-refractivity contribution in [2.45, 2.75) is 51.8 Å². The maximum Gasteiger partial charge on any atom is 0.0955 e. The van der Waals surface area contributed by atoms with Crippen molar-refractivity contribution in [2.75, 3.05) is 0 Å². The zero-order valence-electron chi connectivity index (χ0n) is 9.70. The molecule has 84 valence electrons. The third kappa shape index (κ3) is 1.82. The average Bonchev–Trinajstić information content (AvgIpc) is 2.93. The van der Waals surface area contributed by atoms with Crippen LogP contribution in [-0.2, 0) is 0 Å². The van der Waals surface area contributed by atoms with E-state index in [1.54, 1.807) is 0 Å². The van der Waals surface area contributed by atoms with Gasteiger partial charge in [-0.15, -0.1) is 0 Å². The van der Waals surface area contributed by atoms with Crippen LogP contribution in [0.25, 0.3) is 0 Å². The molecule has 15 heavy (non-hydrogen) atoms. The number of aliphatic hydroxyl groups excluding tert-OH is 1. The smallest absolute Gasteiger partial charge is 0.0955 e. The summed E-state index contributed by atoms with van der Waals surface area (Å²) in [4.78, 5) is 0. The van der Waals surface area contributed by atoms with E-state index in [0.29, 0.717) is 6.04 Å². The number of aryl methyl sites for hydroxylation is 1. The zero-order valence-corrected chi connectivity index (χ0v) is 9.70. The molecule has 1 heterocycles. The second-order valence-electron chi connectivity index (χ2n) is 4.73. The summed E-state index contributed by atoms with van der Waals surface area (Å²) >= 11 is 0. The van der Waals surface area contributed by atoms with Gasteiger partial charge in [0.1, 0.15) is 0 Å².